The second kappa shape index (κ2) is 3.35. The summed E-state index contributed by atoms with van der Waals surface area (Å²) in [4.78, 5) is 18.2. The molecule has 0 atom stereocenters. The van der Waals surface area contributed by atoms with Gasteiger partial charge in [0.05, 0.1) is 0 Å². The maximum absolute atomic E-state index is 9.10. The van der Waals surface area contributed by atoms with Gasteiger partial charge >= 0.3 is 11.9 Å². The van der Waals surface area contributed by atoms with Gasteiger partial charge in [0.2, 0.25) is 0 Å². The van der Waals surface area contributed by atoms with Gasteiger partial charge in [0.15, 0.2) is 0 Å². The predicted molar refractivity (Wildman–Crippen MR) is 26.6 cm³/mol. The van der Waals surface area contributed by atoms with E-state index in [4.69, 9.17) is 19.8 Å². The Kier molecular flexibility index (Phi) is 4.54. The largest absolute Gasteiger partial charge is 0.473 e. The van der Waals surface area contributed by atoms with Crippen LogP contribution in [0, 0.1) is 0 Å². The number of carboxylic acids is 2. The molecule has 5 heteroatoms. The standard InChI is InChI=1S/C2H2O4.H4Si/c3-1(4)2(5)6;/h(H,3,4)(H,5,6);1H4. The summed E-state index contributed by atoms with van der Waals surface area (Å²) in [5.41, 5.74) is 0. The van der Waals surface area contributed by atoms with Crippen molar-refractivity contribution in [3.63, 3.8) is 0 Å². The zero-order chi connectivity index (χ0) is 5.15. The molecule has 7 heavy (non-hydrogen) atoms. The first kappa shape index (κ1) is 9.48. The van der Waals surface area contributed by atoms with E-state index in [-0.39, 0.29) is 11.0 Å². The number of hydrogen-bond acceptors (Lipinski definition) is 2. The van der Waals surface area contributed by atoms with Crippen LogP contribution >= 0.6 is 0 Å². The van der Waals surface area contributed by atoms with Crippen LogP contribution in [0.3, 0.4) is 0 Å². The van der Waals surface area contributed by atoms with E-state index in [2.05, 4.69) is 0 Å². The minimum absolute atomic E-state index is 0. The van der Waals surface area contributed by atoms with Crippen LogP contribution in [0.1, 0.15) is 0 Å². The fraction of sp³-hybridized carbons (Fsp3) is 0. The maximum Gasteiger partial charge on any atom is 0.414 e. The summed E-state index contributed by atoms with van der Waals surface area (Å²) in [6.07, 6.45) is 0. The molecule has 0 fully saturated rings. The second-order valence-corrected chi connectivity index (χ2v) is 0.610. The third kappa shape index (κ3) is 5.16. The molecular weight excluding hydrogens is 116 g/mol. The van der Waals surface area contributed by atoms with Gasteiger partial charge in [-0.25, -0.2) is 9.59 Å². The summed E-state index contributed by atoms with van der Waals surface area (Å²) in [6, 6.07) is 0. The van der Waals surface area contributed by atoms with Crippen molar-refractivity contribution >= 4 is 22.9 Å². The highest BCUT2D eigenvalue weighted by atomic mass is 28.1. The van der Waals surface area contributed by atoms with Crippen molar-refractivity contribution in [2.45, 2.75) is 0 Å². The molecule has 0 aliphatic rings. The molecule has 0 heterocycles. The lowest BCUT2D eigenvalue weighted by atomic mass is 10.7. The molecule has 0 bridgehead atoms. The number of carbonyl (C=O) groups is 2. The Morgan fingerprint density at radius 2 is 1.14 bits per heavy atom. The molecule has 2 N–H and O–H groups in total. The third-order valence-corrected chi connectivity index (χ3v) is 0.183. The van der Waals surface area contributed by atoms with Crippen LogP contribution < -0.4 is 0 Å². The quantitative estimate of drug-likeness (QED) is 0.280. The Morgan fingerprint density at radius 1 is 1.00 bits per heavy atom. The van der Waals surface area contributed by atoms with Gasteiger partial charge in [-0.3, -0.25) is 0 Å². The monoisotopic (exact) mass is 122 g/mol. The Hall–Kier alpha value is -0.843. The molecule has 0 aromatic heterocycles. The van der Waals surface area contributed by atoms with E-state index in [1.165, 1.54) is 0 Å². The van der Waals surface area contributed by atoms with Crippen LogP contribution in [0.2, 0.25) is 0 Å². The van der Waals surface area contributed by atoms with Crippen LogP contribution in [0.15, 0.2) is 0 Å². The average Bonchev–Trinajstić information content (AvgIpc) is 1.36. The Balaban J connectivity index is 0. The molecule has 0 aromatic rings. The summed E-state index contributed by atoms with van der Waals surface area (Å²) in [5.74, 6) is -3.65. The number of hydrogen-bond donors (Lipinski definition) is 2. The first-order valence-corrected chi connectivity index (χ1v) is 1.11. The minimum Gasteiger partial charge on any atom is -0.473 e. The van der Waals surface area contributed by atoms with Crippen molar-refractivity contribution in [1.29, 1.82) is 0 Å². The molecule has 0 rings (SSSR count). The second-order valence-electron chi connectivity index (χ2n) is 0.610. The van der Waals surface area contributed by atoms with E-state index in [0.29, 0.717) is 0 Å². The topological polar surface area (TPSA) is 74.6 Å². The van der Waals surface area contributed by atoms with Crippen molar-refractivity contribution in [2.75, 3.05) is 0 Å². The lowest BCUT2D eigenvalue weighted by Crippen LogP contribution is -2.09. The molecule has 0 spiro atoms. The molecule has 0 saturated carbocycles. The third-order valence-electron chi connectivity index (χ3n) is 0.183. The van der Waals surface area contributed by atoms with Gasteiger partial charge in [-0.2, -0.15) is 0 Å². The molecule has 0 saturated heterocycles. The van der Waals surface area contributed by atoms with Gasteiger partial charge in [-0.05, 0) is 11.0 Å². The van der Waals surface area contributed by atoms with Crippen LogP contribution in [-0.4, -0.2) is 33.1 Å². The van der Waals surface area contributed by atoms with E-state index in [9.17, 15) is 0 Å². The summed E-state index contributed by atoms with van der Waals surface area (Å²) in [6.45, 7) is 0. The fourth-order valence-electron chi connectivity index (χ4n) is 0. The smallest absolute Gasteiger partial charge is 0.414 e. The molecule has 0 radical (unpaired) electrons. The lowest BCUT2D eigenvalue weighted by Gasteiger charge is -1.72. The average molecular weight is 122 g/mol. The molecule has 4 nitrogen and oxygen atoms in total. The van der Waals surface area contributed by atoms with Crippen LogP contribution in [0.25, 0.3) is 0 Å². The van der Waals surface area contributed by atoms with E-state index < -0.39 is 11.9 Å². The highest BCUT2D eigenvalue weighted by Gasteiger charge is 2.04. The Labute approximate surface area is 43.8 Å². The van der Waals surface area contributed by atoms with Gasteiger partial charge in [0.25, 0.3) is 0 Å². The Bertz CT molecular complexity index is 75.7. The summed E-state index contributed by atoms with van der Waals surface area (Å²) < 4.78 is 0. The molecule has 0 aromatic carbocycles. The first-order valence-electron chi connectivity index (χ1n) is 1.11. The molecular formula is C2H6O4Si. The van der Waals surface area contributed by atoms with Crippen LogP contribution in [0.5, 0.6) is 0 Å². The van der Waals surface area contributed by atoms with Crippen molar-refractivity contribution in [3.8, 4) is 0 Å². The van der Waals surface area contributed by atoms with Crippen molar-refractivity contribution in [1.82, 2.24) is 0 Å². The molecule has 0 aliphatic carbocycles. The van der Waals surface area contributed by atoms with Crippen LogP contribution in [0.4, 0.5) is 0 Å². The summed E-state index contributed by atoms with van der Waals surface area (Å²) >= 11 is 0. The highest BCUT2D eigenvalue weighted by Crippen LogP contribution is 1.56. The normalized spacial score (nSPS) is 6.29. The summed E-state index contributed by atoms with van der Waals surface area (Å²) in [7, 11) is 0. The molecule has 42 valence electrons. The Morgan fingerprint density at radius 3 is 1.14 bits per heavy atom. The van der Waals surface area contributed by atoms with E-state index in [1.807, 2.05) is 0 Å². The van der Waals surface area contributed by atoms with Gasteiger partial charge < -0.3 is 10.2 Å². The van der Waals surface area contributed by atoms with Crippen molar-refractivity contribution < 1.29 is 19.8 Å². The lowest BCUT2D eigenvalue weighted by molar-refractivity contribution is -0.159. The highest BCUT2D eigenvalue weighted by molar-refractivity contribution is 6.27. The molecule has 0 aliphatic heterocycles. The number of carboxylic acid groups (broad SMARTS) is 2. The first-order chi connectivity index (χ1) is 2.64. The van der Waals surface area contributed by atoms with E-state index in [1.54, 1.807) is 0 Å². The molecule has 0 amide bonds. The summed E-state index contributed by atoms with van der Waals surface area (Å²) in [5, 5.41) is 14.8. The van der Waals surface area contributed by atoms with Crippen molar-refractivity contribution in [3.05, 3.63) is 0 Å². The fourth-order valence-corrected chi connectivity index (χ4v) is 0. The minimum atomic E-state index is -1.82. The van der Waals surface area contributed by atoms with Gasteiger partial charge in [-0.15, -0.1) is 0 Å². The van der Waals surface area contributed by atoms with Gasteiger partial charge in [0.1, 0.15) is 0 Å². The van der Waals surface area contributed by atoms with E-state index >= 15 is 0 Å². The van der Waals surface area contributed by atoms with E-state index in [0.717, 1.165) is 0 Å². The van der Waals surface area contributed by atoms with Gasteiger partial charge in [-0.1, -0.05) is 0 Å². The number of rotatable bonds is 0. The number of aliphatic carboxylic acids is 2. The molecule has 0 unspecified atom stereocenters. The van der Waals surface area contributed by atoms with Crippen molar-refractivity contribution in [2.24, 2.45) is 0 Å². The SMILES string of the molecule is O=C(O)C(=O)O.[SiH4]. The zero-order valence-corrected chi connectivity index (χ0v) is 2.71. The zero-order valence-electron chi connectivity index (χ0n) is 2.71. The predicted octanol–water partition coefficient (Wildman–Crippen LogP) is -2.30. The van der Waals surface area contributed by atoms with Gasteiger partial charge in [0, 0.05) is 0 Å². The van der Waals surface area contributed by atoms with Crippen LogP contribution in [-0.2, 0) is 9.59 Å². The maximum atomic E-state index is 9.10.